The smallest absolute Gasteiger partial charge is 0.270 e. The monoisotopic (exact) mass is 478 g/mol. The normalized spacial score (nSPS) is 17.1. The number of nitrogens with one attached hydrogen (secondary N) is 1. The molecule has 0 unspecified atom stereocenters. The van der Waals surface area contributed by atoms with Gasteiger partial charge in [0.15, 0.2) is 0 Å². The molecule has 1 saturated heterocycles. The Labute approximate surface area is 202 Å². The molecule has 8 heteroatoms. The van der Waals surface area contributed by atoms with Crippen LogP contribution in [-0.4, -0.2) is 46.6 Å². The molecule has 1 fully saturated rings. The van der Waals surface area contributed by atoms with Crippen molar-refractivity contribution in [3.05, 3.63) is 76.2 Å². The Balaban J connectivity index is 1.15. The predicted molar refractivity (Wildman–Crippen MR) is 133 cm³/mol. The van der Waals surface area contributed by atoms with Gasteiger partial charge in [-0.1, -0.05) is 42.5 Å². The highest BCUT2D eigenvalue weighted by Gasteiger charge is 2.26. The van der Waals surface area contributed by atoms with Crippen LogP contribution in [0, 0.1) is 0 Å². The SMILES string of the molecule is O=C(NC1CCN(Cc2ccccc2)CC1)c1csc(CN2C(=O)CSc3ccccc32)n1. The summed E-state index contributed by atoms with van der Waals surface area (Å²) < 4.78 is 0. The lowest BCUT2D eigenvalue weighted by Gasteiger charge is -2.32. The molecule has 1 N–H and O–H groups in total. The minimum absolute atomic E-state index is 0.0714. The zero-order chi connectivity index (χ0) is 22.6. The number of amides is 2. The van der Waals surface area contributed by atoms with Gasteiger partial charge in [-0.2, -0.15) is 0 Å². The number of anilines is 1. The molecule has 3 heterocycles. The fourth-order valence-electron chi connectivity index (χ4n) is 4.29. The number of para-hydroxylation sites is 1. The maximum Gasteiger partial charge on any atom is 0.270 e. The average Bonchev–Trinajstić information content (AvgIpc) is 3.32. The molecule has 0 radical (unpaired) electrons. The van der Waals surface area contributed by atoms with Gasteiger partial charge in [0.25, 0.3) is 5.91 Å². The summed E-state index contributed by atoms with van der Waals surface area (Å²) in [7, 11) is 0. The molecule has 0 saturated carbocycles. The van der Waals surface area contributed by atoms with Gasteiger partial charge in [0.05, 0.1) is 18.0 Å². The molecule has 6 nitrogen and oxygen atoms in total. The van der Waals surface area contributed by atoms with Crippen molar-refractivity contribution in [2.45, 2.75) is 36.9 Å². The van der Waals surface area contributed by atoms with Crippen molar-refractivity contribution in [2.24, 2.45) is 0 Å². The molecule has 1 aromatic heterocycles. The van der Waals surface area contributed by atoms with Crippen molar-refractivity contribution in [3.8, 4) is 0 Å². The Morgan fingerprint density at radius 2 is 1.79 bits per heavy atom. The highest BCUT2D eigenvalue weighted by atomic mass is 32.2. The van der Waals surface area contributed by atoms with Crippen LogP contribution < -0.4 is 10.2 Å². The van der Waals surface area contributed by atoms with E-state index in [1.165, 1.54) is 16.9 Å². The van der Waals surface area contributed by atoms with Gasteiger partial charge in [0, 0.05) is 36.0 Å². The van der Waals surface area contributed by atoms with E-state index >= 15 is 0 Å². The van der Waals surface area contributed by atoms with Crippen LogP contribution in [0.15, 0.2) is 64.9 Å². The number of rotatable bonds is 6. The lowest BCUT2D eigenvalue weighted by atomic mass is 10.0. The van der Waals surface area contributed by atoms with E-state index in [0.29, 0.717) is 18.0 Å². The summed E-state index contributed by atoms with van der Waals surface area (Å²) in [5, 5.41) is 5.72. The van der Waals surface area contributed by atoms with E-state index in [4.69, 9.17) is 0 Å². The molecular weight excluding hydrogens is 452 g/mol. The summed E-state index contributed by atoms with van der Waals surface area (Å²) in [4.78, 5) is 35.1. The van der Waals surface area contributed by atoms with Crippen LogP contribution in [-0.2, 0) is 17.9 Å². The third-order valence-electron chi connectivity index (χ3n) is 6.06. The second-order valence-corrected chi connectivity index (χ2v) is 10.3. The van der Waals surface area contributed by atoms with Crippen LogP contribution in [0.25, 0.3) is 0 Å². The van der Waals surface area contributed by atoms with Crippen LogP contribution in [0.4, 0.5) is 5.69 Å². The van der Waals surface area contributed by atoms with Gasteiger partial charge in [0.1, 0.15) is 10.7 Å². The van der Waals surface area contributed by atoms with E-state index in [-0.39, 0.29) is 17.9 Å². The van der Waals surface area contributed by atoms with E-state index in [2.05, 4.69) is 39.5 Å². The number of hydrogen-bond acceptors (Lipinski definition) is 6. The van der Waals surface area contributed by atoms with Crippen LogP contribution in [0.3, 0.4) is 0 Å². The summed E-state index contributed by atoms with van der Waals surface area (Å²) in [5.41, 5.74) is 2.68. The Kier molecular flexibility index (Phi) is 6.75. The highest BCUT2D eigenvalue weighted by molar-refractivity contribution is 8.00. The molecule has 0 spiro atoms. The van der Waals surface area contributed by atoms with E-state index in [0.717, 1.165) is 48.1 Å². The first-order valence-corrected chi connectivity index (χ1v) is 13.1. The summed E-state index contributed by atoms with van der Waals surface area (Å²) in [6.07, 6.45) is 1.87. The molecule has 33 heavy (non-hydrogen) atoms. The quantitative estimate of drug-likeness (QED) is 0.576. The van der Waals surface area contributed by atoms with E-state index in [1.54, 1.807) is 22.0 Å². The number of aromatic nitrogens is 1. The van der Waals surface area contributed by atoms with Gasteiger partial charge in [-0.15, -0.1) is 23.1 Å². The van der Waals surface area contributed by atoms with E-state index in [1.807, 2.05) is 30.3 Å². The van der Waals surface area contributed by atoms with Crippen LogP contribution in [0.2, 0.25) is 0 Å². The van der Waals surface area contributed by atoms with Gasteiger partial charge in [0.2, 0.25) is 5.91 Å². The Morgan fingerprint density at radius 3 is 2.61 bits per heavy atom. The summed E-state index contributed by atoms with van der Waals surface area (Å²) >= 11 is 3.00. The van der Waals surface area contributed by atoms with Gasteiger partial charge < -0.3 is 10.2 Å². The lowest BCUT2D eigenvalue weighted by Crippen LogP contribution is -2.44. The zero-order valence-electron chi connectivity index (χ0n) is 18.3. The minimum Gasteiger partial charge on any atom is -0.348 e. The zero-order valence-corrected chi connectivity index (χ0v) is 19.9. The first-order valence-electron chi connectivity index (χ1n) is 11.2. The van der Waals surface area contributed by atoms with Gasteiger partial charge in [-0.25, -0.2) is 4.98 Å². The van der Waals surface area contributed by atoms with Crippen molar-refractivity contribution >= 4 is 40.6 Å². The minimum atomic E-state index is -0.125. The number of carbonyl (C=O) groups is 2. The molecule has 2 aliphatic heterocycles. The number of hydrogen-bond donors (Lipinski definition) is 1. The number of likely N-dealkylation sites (tertiary alicyclic amines) is 1. The molecule has 170 valence electrons. The van der Waals surface area contributed by atoms with Crippen LogP contribution in [0.5, 0.6) is 0 Å². The number of carbonyl (C=O) groups excluding carboxylic acids is 2. The molecule has 0 aliphatic carbocycles. The predicted octanol–water partition coefficient (Wildman–Crippen LogP) is 4.18. The number of thiazole rings is 1. The Hall–Kier alpha value is -2.68. The van der Waals surface area contributed by atoms with Crippen molar-refractivity contribution < 1.29 is 9.59 Å². The Bertz CT molecular complexity index is 1130. The maximum atomic E-state index is 12.8. The summed E-state index contributed by atoms with van der Waals surface area (Å²) in [6.45, 7) is 3.29. The van der Waals surface area contributed by atoms with Crippen molar-refractivity contribution in [2.75, 3.05) is 23.7 Å². The third-order valence-corrected chi connectivity index (χ3v) is 7.94. The number of thioether (sulfide) groups is 1. The standard InChI is InChI=1S/C25H26N4O2S2/c30-24-17-32-22-9-5-4-8-21(22)29(24)15-23-27-20(16-33-23)25(31)26-19-10-12-28(13-11-19)14-18-6-2-1-3-7-18/h1-9,16,19H,10-15,17H2,(H,26,31). The molecule has 2 aliphatic rings. The number of benzene rings is 2. The highest BCUT2D eigenvalue weighted by Crippen LogP contribution is 2.36. The molecule has 5 rings (SSSR count). The van der Waals surface area contributed by atoms with Crippen molar-refractivity contribution in [3.63, 3.8) is 0 Å². The second-order valence-electron chi connectivity index (χ2n) is 8.37. The summed E-state index contributed by atoms with van der Waals surface area (Å²) in [5.74, 6) is 0.376. The largest absolute Gasteiger partial charge is 0.348 e. The molecule has 2 amide bonds. The topological polar surface area (TPSA) is 65.5 Å². The summed E-state index contributed by atoms with van der Waals surface area (Å²) in [6, 6.07) is 18.6. The first-order chi connectivity index (χ1) is 16.2. The number of piperidine rings is 1. The average molecular weight is 479 g/mol. The van der Waals surface area contributed by atoms with Gasteiger partial charge in [-0.05, 0) is 30.5 Å². The van der Waals surface area contributed by atoms with Crippen molar-refractivity contribution in [1.29, 1.82) is 0 Å². The lowest BCUT2D eigenvalue weighted by molar-refractivity contribution is -0.116. The van der Waals surface area contributed by atoms with Crippen LogP contribution >= 0.6 is 23.1 Å². The van der Waals surface area contributed by atoms with Gasteiger partial charge in [-0.3, -0.25) is 14.5 Å². The number of nitrogens with zero attached hydrogens (tertiary/aromatic N) is 3. The third kappa shape index (κ3) is 5.29. The molecule has 3 aromatic rings. The fraction of sp³-hybridized carbons (Fsp3) is 0.320. The van der Waals surface area contributed by atoms with E-state index < -0.39 is 0 Å². The maximum absolute atomic E-state index is 12.8. The molecule has 0 bridgehead atoms. The Morgan fingerprint density at radius 1 is 1.03 bits per heavy atom. The molecule has 0 atom stereocenters. The van der Waals surface area contributed by atoms with Crippen molar-refractivity contribution in [1.82, 2.24) is 15.2 Å². The molecule has 2 aromatic carbocycles. The first kappa shape index (κ1) is 22.1. The van der Waals surface area contributed by atoms with Gasteiger partial charge >= 0.3 is 0 Å². The second kappa shape index (κ2) is 10.1. The van der Waals surface area contributed by atoms with E-state index in [9.17, 15) is 9.59 Å². The number of fused-ring (bicyclic) bond motifs is 1. The fourth-order valence-corrected chi connectivity index (χ4v) is 5.98. The molecular formula is C25H26N4O2S2. The van der Waals surface area contributed by atoms with Crippen LogP contribution in [0.1, 0.15) is 33.9 Å².